The van der Waals surface area contributed by atoms with Gasteiger partial charge in [0.2, 0.25) is 0 Å². The zero-order valence-electron chi connectivity index (χ0n) is 10.3. The lowest BCUT2D eigenvalue weighted by molar-refractivity contribution is 0.288. The van der Waals surface area contributed by atoms with E-state index in [1.54, 1.807) is 0 Å². The molecule has 0 spiro atoms. The van der Waals surface area contributed by atoms with Crippen LogP contribution >= 0.6 is 11.6 Å². The van der Waals surface area contributed by atoms with Crippen LogP contribution in [0.1, 0.15) is 30.0 Å². The Morgan fingerprint density at radius 2 is 2.22 bits per heavy atom. The van der Waals surface area contributed by atoms with Crippen LogP contribution in [0, 0.1) is 6.92 Å². The smallest absolute Gasteiger partial charge is 0.138 e. The van der Waals surface area contributed by atoms with Crippen LogP contribution in [-0.4, -0.2) is 5.16 Å². The van der Waals surface area contributed by atoms with Gasteiger partial charge in [-0.25, -0.2) is 0 Å². The fraction of sp³-hybridized carbons (Fsp3) is 0.308. The third kappa shape index (κ3) is 3.03. The summed E-state index contributed by atoms with van der Waals surface area (Å²) in [4.78, 5) is 0. The molecule has 0 saturated heterocycles. The molecule has 0 radical (unpaired) electrons. The summed E-state index contributed by atoms with van der Waals surface area (Å²) in [5.41, 5.74) is 7.49. The maximum atomic E-state index is 6.12. The molecule has 0 fully saturated rings. The summed E-state index contributed by atoms with van der Waals surface area (Å²) in [6.07, 6.45) is 0. The standard InChI is InChI=1S/C13H15ClN2O2/c1-8-5-11(16-18-8)7-17-13-4-3-10(9(2)15)6-12(13)14/h3-6,9H,7,15H2,1-2H3. The summed E-state index contributed by atoms with van der Waals surface area (Å²) in [5.74, 6) is 1.37. The number of hydrogen-bond acceptors (Lipinski definition) is 4. The highest BCUT2D eigenvalue weighted by atomic mass is 35.5. The fourth-order valence-corrected chi connectivity index (χ4v) is 1.80. The number of ether oxygens (including phenoxy) is 1. The molecular formula is C13H15ClN2O2. The van der Waals surface area contributed by atoms with Gasteiger partial charge >= 0.3 is 0 Å². The highest BCUT2D eigenvalue weighted by molar-refractivity contribution is 6.32. The van der Waals surface area contributed by atoms with Crippen molar-refractivity contribution < 1.29 is 9.26 Å². The van der Waals surface area contributed by atoms with Gasteiger partial charge in [-0.3, -0.25) is 0 Å². The quantitative estimate of drug-likeness (QED) is 0.923. The second-order valence-corrected chi connectivity index (χ2v) is 4.60. The fourth-order valence-electron chi connectivity index (χ4n) is 1.56. The molecule has 0 bridgehead atoms. The molecule has 18 heavy (non-hydrogen) atoms. The van der Waals surface area contributed by atoms with Gasteiger partial charge in [0.25, 0.3) is 0 Å². The highest BCUT2D eigenvalue weighted by Gasteiger charge is 2.07. The molecule has 1 aromatic heterocycles. The Hall–Kier alpha value is -1.52. The molecule has 2 aromatic rings. The topological polar surface area (TPSA) is 61.3 Å². The van der Waals surface area contributed by atoms with E-state index in [2.05, 4.69) is 5.16 Å². The van der Waals surface area contributed by atoms with Gasteiger partial charge in [0.15, 0.2) is 0 Å². The van der Waals surface area contributed by atoms with Crippen LogP contribution in [0.2, 0.25) is 5.02 Å². The largest absolute Gasteiger partial charge is 0.486 e. The van der Waals surface area contributed by atoms with Gasteiger partial charge in [-0.15, -0.1) is 0 Å². The van der Waals surface area contributed by atoms with Crippen LogP contribution in [0.4, 0.5) is 0 Å². The van der Waals surface area contributed by atoms with Crippen molar-refractivity contribution in [3.8, 4) is 5.75 Å². The van der Waals surface area contributed by atoms with E-state index >= 15 is 0 Å². The lowest BCUT2D eigenvalue weighted by atomic mass is 10.1. The molecule has 96 valence electrons. The highest BCUT2D eigenvalue weighted by Crippen LogP contribution is 2.27. The summed E-state index contributed by atoms with van der Waals surface area (Å²) in [7, 11) is 0. The summed E-state index contributed by atoms with van der Waals surface area (Å²) in [6.45, 7) is 4.07. The van der Waals surface area contributed by atoms with Crippen LogP contribution in [-0.2, 0) is 6.61 Å². The molecule has 0 aliphatic heterocycles. The number of aryl methyl sites for hydroxylation is 1. The van der Waals surface area contributed by atoms with Gasteiger partial charge < -0.3 is 15.0 Å². The minimum atomic E-state index is -0.0465. The van der Waals surface area contributed by atoms with Crippen molar-refractivity contribution in [3.05, 3.63) is 46.3 Å². The number of nitrogens with zero attached hydrogens (tertiary/aromatic N) is 1. The van der Waals surface area contributed by atoms with E-state index in [0.717, 1.165) is 17.0 Å². The molecular weight excluding hydrogens is 252 g/mol. The maximum Gasteiger partial charge on any atom is 0.138 e. The molecule has 4 nitrogen and oxygen atoms in total. The number of hydrogen-bond donors (Lipinski definition) is 1. The Bertz CT molecular complexity index is 538. The van der Waals surface area contributed by atoms with Gasteiger partial charge in [0, 0.05) is 12.1 Å². The van der Waals surface area contributed by atoms with Crippen LogP contribution in [0.15, 0.2) is 28.8 Å². The summed E-state index contributed by atoms with van der Waals surface area (Å²) in [6, 6.07) is 7.31. The molecule has 0 aliphatic rings. The van der Waals surface area contributed by atoms with Gasteiger partial charge in [-0.05, 0) is 31.5 Å². The maximum absolute atomic E-state index is 6.12. The Morgan fingerprint density at radius 1 is 1.44 bits per heavy atom. The van der Waals surface area contributed by atoms with Crippen LogP contribution in [0.5, 0.6) is 5.75 Å². The zero-order chi connectivity index (χ0) is 13.1. The Labute approximate surface area is 111 Å². The third-order valence-electron chi connectivity index (χ3n) is 2.53. The van der Waals surface area contributed by atoms with E-state index in [9.17, 15) is 0 Å². The van der Waals surface area contributed by atoms with Crippen LogP contribution < -0.4 is 10.5 Å². The molecule has 0 saturated carbocycles. The Balaban J connectivity index is 2.05. The molecule has 1 heterocycles. The second-order valence-electron chi connectivity index (χ2n) is 4.20. The molecule has 1 aromatic carbocycles. The van der Waals surface area contributed by atoms with Crippen molar-refractivity contribution in [1.82, 2.24) is 5.16 Å². The lowest BCUT2D eigenvalue weighted by Crippen LogP contribution is -2.05. The van der Waals surface area contributed by atoms with Crippen molar-refractivity contribution in [2.75, 3.05) is 0 Å². The monoisotopic (exact) mass is 266 g/mol. The van der Waals surface area contributed by atoms with Gasteiger partial charge in [-0.1, -0.05) is 22.8 Å². The first-order valence-electron chi connectivity index (χ1n) is 5.66. The molecule has 0 aliphatic carbocycles. The second kappa shape index (κ2) is 5.42. The van der Waals surface area contributed by atoms with Gasteiger partial charge in [0.05, 0.1) is 5.02 Å². The predicted octanol–water partition coefficient (Wildman–Crippen LogP) is 3.24. The van der Waals surface area contributed by atoms with E-state index in [4.69, 9.17) is 26.6 Å². The SMILES string of the molecule is Cc1cc(COc2ccc(C(C)N)cc2Cl)no1. The van der Waals surface area contributed by atoms with Crippen molar-refractivity contribution in [1.29, 1.82) is 0 Å². The first-order valence-corrected chi connectivity index (χ1v) is 6.04. The summed E-state index contributed by atoms with van der Waals surface area (Å²) >= 11 is 6.12. The average Bonchev–Trinajstić information content (AvgIpc) is 2.73. The molecule has 2 rings (SSSR count). The van der Waals surface area contributed by atoms with E-state index in [0.29, 0.717) is 17.4 Å². The molecule has 5 heteroatoms. The molecule has 1 atom stereocenters. The number of aromatic nitrogens is 1. The van der Waals surface area contributed by atoms with E-state index in [1.807, 2.05) is 38.1 Å². The van der Waals surface area contributed by atoms with Gasteiger partial charge in [-0.2, -0.15) is 0 Å². The van der Waals surface area contributed by atoms with Crippen LogP contribution in [0.25, 0.3) is 0 Å². The number of nitrogens with two attached hydrogens (primary N) is 1. The summed E-state index contributed by atoms with van der Waals surface area (Å²) < 4.78 is 10.5. The Morgan fingerprint density at radius 3 is 2.78 bits per heavy atom. The van der Waals surface area contributed by atoms with Crippen molar-refractivity contribution in [3.63, 3.8) is 0 Å². The molecule has 1 unspecified atom stereocenters. The number of halogens is 1. The van der Waals surface area contributed by atoms with Crippen molar-refractivity contribution >= 4 is 11.6 Å². The lowest BCUT2D eigenvalue weighted by Gasteiger charge is -2.10. The van der Waals surface area contributed by atoms with E-state index in [-0.39, 0.29) is 6.04 Å². The third-order valence-corrected chi connectivity index (χ3v) is 2.83. The predicted molar refractivity (Wildman–Crippen MR) is 69.6 cm³/mol. The minimum Gasteiger partial charge on any atom is -0.486 e. The molecule has 2 N–H and O–H groups in total. The normalized spacial score (nSPS) is 12.4. The minimum absolute atomic E-state index is 0.0465. The Kier molecular flexibility index (Phi) is 3.89. The van der Waals surface area contributed by atoms with Crippen molar-refractivity contribution in [2.45, 2.75) is 26.5 Å². The van der Waals surface area contributed by atoms with Crippen LogP contribution in [0.3, 0.4) is 0 Å². The average molecular weight is 267 g/mol. The van der Waals surface area contributed by atoms with E-state index in [1.165, 1.54) is 0 Å². The first-order chi connectivity index (χ1) is 8.56. The zero-order valence-corrected chi connectivity index (χ0v) is 11.1. The first kappa shape index (κ1) is 12.9. The van der Waals surface area contributed by atoms with Gasteiger partial charge in [0.1, 0.15) is 23.8 Å². The molecule has 0 amide bonds. The van der Waals surface area contributed by atoms with E-state index < -0.39 is 0 Å². The summed E-state index contributed by atoms with van der Waals surface area (Å²) in [5, 5.41) is 4.39. The number of benzene rings is 1. The van der Waals surface area contributed by atoms with Crippen molar-refractivity contribution in [2.24, 2.45) is 5.73 Å². The number of rotatable bonds is 4.